The number of rotatable bonds is 4. The lowest BCUT2D eigenvalue weighted by atomic mass is 10.2. The summed E-state index contributed by atoms with van der Waals surface area (Å²) in [6.07, 6.45) is 3.07. The number of nitrogens with one attached hydrogen (secondary N) is 2. The van der Waals surface area contributed by atoms with E-state index in [2.05, 4.69) is 10.6 Å². The largest absolute Gasteiger partial charge is 0.507 e. The van der Waals surface area contributed by atoms with E-state index in [4.69, 9.17) is 0 Å². The predicted molar refractivity (Wildman–Crippen MR) is 85.9 cm³/mol. The van der Waals surface area contributed by atoms with Crippen molar-refractivity contribution in [1.82, 2.24) is 0 Å². The number of hydrogen-bond acceptors (Lipinski definition) is 3. The van der Waals surface area contributed by atoms with Gasteiger partial charge in [-0.25, -0.2) is 0 Å². The van der Waals surface area contributed by atoms with Gasteiger partial charge in [-0.15, -0.1) is 0 Å². The maximum atomic E-state index is 12.0. The van der Waals surface area contributed by atoms with E-state index in [0.717, 1.165) is 0 Å². The van der Waals surface area contributed by atoms with Crippen molar-refractivity contribution in [2.45, 2.75) is 6.92 Å². The van der Waals surface area contributed by atoms with Gasteiger partial charge in [0, 0.05) is 11.4 Å². The van der Waals surface area contributed by atoms with E-state index in [-0.39, 0.29) is 17.2 Å². The molecule has 0 unspecified atom stereocenters. The first kappa shape index (κ1) is 15.3. The van der Waals surface area contributed by atoms with E-state index in [0.29, 0.717) is 11.4 Å². The molecule has 2 rings (SSSR count). The van der Waals surface area contributed by atoms with Crippen LogP contribution < -0.4 is 10.6 Å². The van der Waals surface area contributed by atoms with Crippen LogP contribution in [0.15, 0.2) is 60.7 Å². The molecule has 3 N–H and O–H groups in total. The Labute approximate surface area is 128 Å². The minimum Gasteiger partial charge on any atom is -0.507 e. The Morgan fingerprint density at radius 2 is 1.55 bits per heavy atom. The number of anilines is 2. The molecule has 5 heteroatoms. The summed E-state index contributed by atoms with van der Waals surface area (Å²) < 4.78 is 0. The van der Waals surface area contributed by atoms with Crippen LogP contribution in [-0.2, 0) is 4.79 Å². The maximum Gasteiger partial charge on any atom is 0.259 e. The van der Waals surface area contributed by atoms with Crippen LogP contribution in [0, 0.1) is 0 Å². The smallest absolute Gasteiger partial charge is 0.259 e. The van der Waals surface area contributed by atoms with Crippen molar-refractivity contribution in [2.75, 3.05) is 10.6 Å². The van der Waals surface area contributed by atoms with Crippen molar-refractivity contribution in [1.29, 1.82) is 0 Å². The van der Waals surface area contributed by atoms with Crippen molar-refractivity contribution >= 4 is 23.2 Å². The predicted octanol–water partition coefficient (Wildman–Crippen LogP) is 3.16. The van der Waals surface area contributed by atoms with Gasteiger partial charge in [-0.1, -0.05) is 18.2 Å². The molecule has 0 saturated carbocycles. The SMILES string of the molecule is C/C=C/C(=O)Nc1ccc(NC(=O)c2ccccc2O)cc1. The molecule has 0 aliphatic carbocycles. The standard InChI is InChI=1S/C17H16N2O3/c1-2-5-16(21)18-12-8-10-13(11-9-12)19-17(22)14-6-3-4-7-15(14)20/h2-11,20H,1H3,(H,18,21)(H,19,22)/b5-2+. The zero-order valence-corrected chi connectivity index (χ0v) is 12.0. The normalized spacial score (nSPS) is 10.4. The lowest BCUT2D eigenvalue weighted by Gasteiger charge is -2.08. The van der Waals surface area contributed by atoms with Crippen LogP contribution >= 0.6 is 0 Å². The van der Waals surface area contributed by atoms with Gasteiger partial charge in [0.05, 0.1) is 5.56 Å². The third kappa shape index (κ3) is 3.96. The topological polar surface area (TPSA) is 78.4 Å². The summed E-state index contributed by atoms with van der Waals surface area (Å²) in [5.41, 5.74) is 1.40. The molecule has 0 atom stereocenters. The molecule has 0 radical (unpaired) electrons. The number of hydrogen-bond donors (Lipinski definition) is 3. The van der Waals surface area contributed by atoms with Crippen LogP contribution in [0.3, 0.4) is 0 Å². The molecule has 0 aliphatic rings. The van der Waals surface area contributed by atoms with E-state index < -0.39 is 5.91 Å². The van der Waals surface area contributed by atoms with Crippen LogP contribution in [0.5, 0.6) is 5.75 Å². The Morgan fingerprint density at radius 3 is 2.14 bits per heavy atom. The first-order valence-electron chi connectivity index (χ1n) is 6.73. The van der Waals surface area contributed by atoms with Crippen molar-refractivity contribution in [3.05, 3.63) is 66.2 Å². The van der Waals surface area contributed by atoms with Gasteiger partial charge < -0.3 is 15.7 Å². The molecule has 2 aromatic carbocycles. The number of phenolic OH excluding ortho intramolecular Hbond substituents is 1. The minimum absolute atomic E-state index is 0.0739. The molecule has 22 heavy (non-hydrogen) atoms. The third-order valence-electron chi connectivity index (χ3n) is 2.88. The Hall–Kier alpha value is -3.08. The third-order valence-corrected chi connectivity index (χ3v) is 2.88. The Kier molecular flexibility index (Phi) is 4.93. The average Bonchev–Trinajstić information content (AvgIpc) is 2.50. The summed E-state index contributed by atoms with van der Waals surface area (Å²) in [7, 11) is 0. The minimum atomic E-state index is -0.399. The molecule has 0 bridgehead atoms. The summed E-state index contributed by atoms with van der Waals surface area (Å²) in [5.74, 6) is -0.687. The van der Waals surface area contributed by atoms with Crippen molar-refractivity contribution in [3.63, 3.8) is 0 Å². The van der Waals surface area contributed by atoms with E-state index in [1.54, 1.807) is 49.4 Å². The molecule has 5 nitrogen and oxygen atoms in total. The number of amides is 2. The van der Waals surface area contributed by atoms with Gasteiger partial charge in [0.1, 0.15) is 5.75 Å². The van der Waals surface area contributed by atoms with Crippen LogP contribution in [0.4, 0.5) is 11.4 Å². The molecule has 0 fully saturated rings. The molecule has 0 aromatic heterocycles. The molecule has 0 heterocycles. The van der Waals surface area contributed by atoms with Gasteiger partial charge in [0.15, 0.2) is 0 Å². The van der Waals surface area contributed by atoms with Gasteiger partial charge in [-0.05, 0) is 49.4 Å². The lowest BCUT2D eigenvalue weighted by molar-refractivity contribution is -0.111. The summed E-state index contributed by atoms with van der Waals surface area (Å²) in [5, 5.41) is 15.0. The average molecular weight is 296 g/mol. The van der Waals surface area contributed by atoms with Gasteiger partial charge >= 0.3 is 0 Å². The highest BCUT2D eigenvalue weighted by atomic mass is 16.3. The number of carbonyl (C=O) groups is 2. The van der Waals surface area contributed by atoms with E-state index in [9.17, 15) is 14.7 Å². The molecule has 112 valence electrons. The first-order chi connectivity index (χ1) is 10.6. The van der Waals surface area contributed by atoms with Crippen LogP contribution in [0.2, 0.25) is 0 Å². The van der Waals surface area contributed by atoms with Crippen LogP contribution in [-0.4, -0.2) is 16.9 Å². The highest BCUT2D eigenvalue weighted by molar-refractivity contribution is 6.06. The number of phenols is 1. The fraction of sp³-hybridized carbons (Fsp3) is 0.0588. The quantitative estimate of drug-likeness (QED) is 0.758. The number of para-hydroxylation sites is 1. The summed E-state index contributed by atoms with van der Waals surface area (Å²) >= 11 is 0. The Bertz CT molecular complexity index is 706. The van der Waals surface area contributed by atoms with Gasteiger partial charge in [-0.2, -0.15) is 0 Å². The molecular weight excluding hydrogens is 280 g/mol. The number of aromatic hydroxyl groups is 1. The second kappa shape index (κ2) is 7.08. The lowest BCUT2D eigenvalue weighted by Crippen LogP contribution is -2.12. The molecule has 2 amide bonds. The van der Waals surface area contributed by atoms with Crippen molar-refractivity contribution in [2.24, 2.45) is 0 Å². The van der Waals surface area contributed by atoms with Crippen LogP contribution in [0.25, 0.3) is 0 Å². The molecule has 2 aromatic rings. The zero-order valence-electron chi connectivity index (χ0n) is 12.0. The number of carbonyl (C=O) groups excluding carboxylic acids is 2. The monoisotopic (exact) mass is 296 g/mol. The second-order valence-electron chi connectivity index (χ2n) is 4.54. The summed E-state index contributed by atoms with van der Waals surface area (Å²) in [6.45, 7) is 1.76. The highest BCUT2D eigenvalue weighted by Crippen LogP contribution is 2.19. The molecular formula is C17H16N2O3. The van der Waals surface area contributed by atoms with Crippen molar-refractivity contribution in [3.8, 4) is 5.75 Å². The fourth-order valence-electron chi connectivity index (χ4n) is 1.84. The van der Waals surface area contributed by atoms with Crippen LogP contribution in [0.1, 0.15) is 17.3 Å². The van der Waals surface area contributed by atoms with E-state index in [1.165, 1.54) is 18.2 Å². The number of benzene rings is 2. The summed E-state index contributed by atoms with van der Waals surface area (Å²) in [6, 6.07) is 13.0. The Morgan fingerprint density at radius 1 is 0.955 bits per heavy atom. The molecule has 0 aliphatic heterocycles. The maximum absolute atomic E-state index is 12.0. The number of allylic oxidation sites excluding steroid dienone is 1. The Balaban J connectivity index is 2.04. The van der Waals surface area contributed by atoms with Gasteiger partial charge in [-0.3, -0.25) is 9.59 Å². The summed E-state index contributed by atoms with van der Waals surface area (Å²) in [4.78, 5) is 23.4. The first-order valence-corrected chi connectivity index (χ1v) is 6.73. The molecule has 0 saturated heterocycles. The second-order valence-corrected chi connectivity index (χ2v) is 4.54. The van der Waals surface area contributed by atoms with Gasteiger partial charge in [0.2, 0.25) is 5.91 Å². The van der Waals surface area contributed by atoms with Crippen molar-refractivity contribution < 1.29 is 14.7 Å². The highest BCUT2D eigenvalue weighted by Gasteiger charge is 2.10. The van der Waals surface area contributed by atoms with E-state index in [1.807, 2.05) is 0 Å². The fourth-order valence-corrected chi connectivity index (χ4v) is 1.84. The van der Waals surface area contributed by atoms with E-state index >= 15 is 0 Å². The zero-order chi connectivity index (χ0) is 15.9. The van der Waals surface area contributed by atoms with Gasteiger partial charge in [0.25, 0.3) is 5.91 Å². The molecule has 0 spiro atoms.